The van der Waals surface area contributed by atoms with E-state index in [1.807, 2.05) is 6.92 Å². The minimum atomic E-state index is 0.202. The van der Waals surface area contributed by atoms with Gasteiger partial charge < -0.3 is 10.1 Å². The number of ether oxygens (including phenoxy) is 1. The summed E-state index contributed by atoms with van der Waals surface area (Å²) < 4.78 is 6.41. The van der Waals surface area contributed by atoms with Crippen LogP contribution in [0.3, 0.4) is 0 Å². The molecular weight excluding hydrogens is 220 g/mol. The Morgan fingerprint density at radius 2 is 2.31 bits per heavy atom. The van der Waals surface area contributed by atoms with Gasteiger partial charge in [-0.3, -0.25) is 0 Å². The molecule has 0 spiro atoms. The number of fused-ring (bicyclic) bond motifs is 1. The smallest absolute Gasteiger partial charge is 0.183 e. The van der Waals surface area contributed by atoms with Crippen molar-refractivity contribution in [2.45, 2.75) is 20.0 Å². The largest absolute Gasteiger partial charge is 0.380 e. The molecule has 1 aromatic heterocycles. The molecule has 3 nitrogen and oxygen atoms in total. The zero-order valence-corrected chi connectivity index (χ0v) is 10.6. The molecule has 1 heterocycles. The van der Waals surface area contributed by atoms with Gasteiger partial charge >= 0.3 is 0 Å². The number of thiazole rings is 1. The maximum absolute atomic E-state index is 5.18. The van der Waals surface area contributed by atoms with E-state index in [9.17, 15) is 0 Å². The third-order valence-electron chi connectivity index (χ3n) is 2.56. The van der Waals surface area contributed by atoms with Gasteiger partial charge in [0.25, 0.3) is 0 Å². The summed E-state index contributed by atoms with van der Waals surface area (Å²) in [4.78, 5) is 4.57. The molecule has 0 aliphatic carbocycles. The van der Waals surface area contributed by atoms with Gasteiger partial charge in [0, 0.05) is 13.7 Å². The number of para-hydroxylation sites is 1. The molecule has 16 heavy (non-hydrogen) atoms. The van der Waals surface area contributed by atoms with Gasteiger partial charge in [0.1, 0.15) is 0 Å². The SMILES string of the molecule is COC(C)CNc1nc2c(C)cccc2s1. The molecule has 0 saturated heterocycles. The topological polar surface area (TPSA) is 34.1 Å². The molecule has 0 aliphatic heterocycles. The van der Waals surface area contributed by atoms with Crippen molar-refractivity contribution in [1.82, 2.24) is 4.98 Å². The van der Waals surface area contributed by atoms with Gasteiger partial charge in [-0.1, -0.05) is 23.5 Å². The number of aryl methyl sites for hydroxylation is 1. The summed E-state index contributed by atoms with van der Waals surface area (Å²) in [6, 6.07) is 6.26. The molecule has 4 heteroatoms. The van der Waals surface area contributed by atoms with Crippen LogP contribution in [-0.4, -0.2) is 24.7 Å². The minimum Gasteiger partial charge on any atom is -0.380 e. The average molecular weight is 236 g/mol. The minimum absolute atomic E-state index is 0.202. The van der Waals surface area contributed by atoms with Gasteiger partial charge in [-0.05, 0) is 25.5 Å². The van der Waals surface area contributed by atoms with Crippen molar-refractivity contribution in [3.05, 3.63) is 23.8 Å². The fraction of sp³-hybridized carbons (Fsp3) is 0.417. The number of benzene rings is 1. The average Bonchev–Trinajstić information content (AvgIpc) is 2.70. The molecule has 0 bridgehead atoms. The van der Waals surface area contributed by atoms with Crippen molar-refractivity contribution in [2.24, 2.45) is 0 Å². The van der Waals surface area contributed by atoms with Crippen LogP contribution in [0.25, 0.3) is 10.2 Å². The number of nitrogens with one attached hydrogen (secondary N) is 1. The number of rotatable bonds is 4. The summed E-state index contributed by atoms with van der Waals surface area (Å²) in [5.41, 5.74) is 2.32. The van der Waals surface area contributed by atoms with Crippen LogP contribution in [0.5, 0.6) is 0 Å². The Kier molecular flexibility index (Phi) is 3.41. The first-order chi connectivity index (χ1) is 7.70. The van der Waals surface area contributed by atoms with Gasteiger partial charge in [-0.25, -0.2) is 4.98 Å². The lowest BCUT2D eigenvalue weighted by atomic mass is 10.2. The Balaban J connectivity index is 2.17. The summed E-state index contributed by atoms with van der Waals surface area (Å²) in [5, 5.41) is 4.26. The van der Waals surface area contributed by atoms with Crippen molar-refractivity contribution < 1.29 is 4.74 Å². The van der Waals surface area contributed by atoms with E-state index in [2.05, 4.69) is 35.4 Å². The van der Waals surface area contributed by atoms with E-state index in [0.29, 0.717) is 0 Å². The maximum Gasteiger partial charge on any atom is 0.183 e. The fourth-order valence-electron chi connectivity index (χ4n) is 1.48. The van der Waals surface area contributed by atoms with E-state index in [0.717, 1.165) is 17.2 Å². The predicted octanol–water partition coefficient (Wildman–Crippen LogP) is 3.05. The van der Waals surface area contributed by atoms with Gasteiger partial charge in [0.15, 0.2) is 5.13 Å². The Morgan fingerprint density at radius 3 is 3.00 bits per heavy atom. The van der Waals surface area contributed by atoms with Crippen molar-refractivity contribution in [2.75, 3.05) is 19.0 Å². The van der Waals surface area contributed by atoms with E-state index in [-0.39, 0.29) is 6.10 Å². The van der Waals surface area contributed by atoms with E-state index in [4.69, 9.17) is 4.74 Å². The number of anilines is 1. The third kappa shape index (κ3) is 2.33. The molecule has 1 unspecified atom stereocenters. The molecular formula is C12H16N2OS. The van der Waals surface area contributed by atoms with Crippen LogP contribution < -0.4 is 5.32 Å². The molecule has 1 atom stereocenters. The van der Waals surface area contributed by atoms with Crippen molar-refractivity contribution in [1.29, 1.82) is 0 Å². The van der Waals surface area contributed by atoms with Crippen molar-refractivity contribution >= 4 is 26.7 Å². The van der Waals surface area contributed by atoms with Crippen LogP contribution in [0.1, 0.15) is 12.5 Å². The Morgan fingerprint density at radius 1 is 1.50 bits per heavy atom. The van der Waals surface area contributed by atoms with Crippen molar-refractivity contribution in [3.63, 3.8) is 0 Å². The molecule has 1 aromatic carbocycles. The summed E-state index contributed by atoms with van der Waals surface area (Å²) in [6.07, 6.45) is 0.202. The second-order valence-corrected chi connectivity index (χ2v) is 4.90. The fourth-order valence-corrected chi connectivity index (χ4v) is 2.43. The van der Waals surface area contributed by atoms with E-state index >= 15 is 0 Å². The molecule has 1 N–H and O–H groups in total. The number of hydrogen-bond acceptors (Lipinski definition) is 4. The van der Waals surface area contributed by atoms with Crippen LogP contribution in [0.4, 0.5) is 5.13 Å². The molecule has 0 radical (unpaired) electrons. The molecule has 0 fully saturated rings. The number of aromatic nitrogens is 1. The Bertz CT molecular complexity index is 481. The Hall–Kier alpha value is -1.13. The molecule has 2 aromatic rings. The monoisotopic (exact) mass is 236 g/mol. The molecule has 0 aliphatic rings. The Labute approximate surface area is 99.5 Å². The van der Waals surface area contributed by atoms with Gasteiger partial charge in [0.2, 0.25) is 0 Å². The highest BCUT2D eigenvalue weighted by Gasteiger charge is 2.06. The summed E-state index contributed by atoms with van der Waals surface area (Å²) >= 11 is 1.69. The van der Waals surface area contributed by atoms with Crippen LogP contribution in [-0.2, 0) is 4.74 Å². The highest BCUT2D eigenvalue weighted by atomic mass is 32.1. The molecule has 0 amide bonds. The number of methoxy groups -OCH3 is 1. The first-order valence-electron chi connectivity index (χ1n) is 5.33. The van der Waals surface area contributed by atoms with Crippen LogP contribution in [0, 0.1) is 6.92 Å². The molecule has 86 valence electrons. The number of hydrogen-bond donors (Lipinski definition) is 1. The lowest BCUT2D eigenvalue weighted by molar-refractivity contribution is 0.129. The second kappa shape index (κ2) is 4.80. The lowest BCUT2D eigenvalue weighted by Gasteiger charge is -2.08. The standard InChI is InChI=1S/C12H16N2OS/c1-8-5-4-6-10-11(8)14-12(16-10)13-7-9(2)15-3/h4-6,9H,7H2,1-3H3,(H,13,14). The zero-order chi connectivity index (χ0) is 11.5. The normalized spacial score (nSPS) is 12.9. The third-order valence-corrected chi connectivity index (χ3v) is 3.54. The molecule has 2 rings (SSSR count). The van der Waals surface area contributed by atoms with E-state index < -0.39 is 0 Å². The zero-order valence-electron chi connectivity index (χ0n) is 9.78. The number of nitrogens with zero attached hydrogens (tertiary/aromatic N) is 1. The lowest BCUT2D eigenvalue weighted by Crippen LogP contribution is -2.17. The van der Waals surface area contributed by atoms with Crippen LogP contribution in [0.15, 0.2) is 18.2 Å². The van der Waals surface area contributed by atoms with Crippen LogP contribution >= 0.6 is 11.3 Å². The van der Waals surface area contributed by atoms with Crippen molar-refractivity contribution in [3.8, 4) is 0 Å². The van der Waals surface area contributed by atoms with E-state index in [1.54, 1.807) is 18.4 Å². The predicted molar refractivity (Wildman–Crippen MR) is 69.3 cm³/mol. The van der Waals surface area contributed by atoms with Gasteiger partial charge in [0.05, 0.1) is 16.3 Å². The second-order valence-electron chi connectivity index (χ2n) is 3.87. The van der Waals surface area contributed by atoms with Gasteiger partial charge in [-0.15, -0.1) is 0 Å². The summed E-state index contributed by atoms with van der Waals surface area (Å²) in [5.74, 6) is 0. The summed E-state index contributed by atoms with van der Waals surface area (Å²) in [7, 11) is 1.72. The maximum atomic E-state index is 5.18. The first kappa shape index (κ1) is 11.4. The summed E-state index contributed by atoms with van der Waals surface area (Å²) in [6.45, 7) is 4.91. The van der Waals surface area contributed by atoms with Gasteiger partial charge in [-0.2, -0.15) is 0 Å². The molecule has 0 saturated carbocycles. The van der Waals surface area contributed by atoms with E-state index in [1.165, 1.54) is 10.3 Å². The highest BCUT2D eigenvalue weighted by Crippen LogP contribution is 2.27. The quantitative estimate of drug-likeness (QED) is 0.886. The highest BCUT2D eigenvalue weighted by molar-refractivity contribution is 7.22. The first-order valence-corrected chi connectivity index (χ1v) is 6.15. The van der Waals surface area contributed by atoms with Crippen LogP contribution in [0.2, 0.25) is 0 Å².